The average Bonchev–Trinajstić information content (AvgIpc) is 3.61. The van der Waals surface area contributed by atoms with Gasteiger partial charge in [-0.15, -0.1) is 0 Å². The van der Waals surface area contributed by atoms with Crippen molar-refractivity contribution >= 4 is 60.6 Å². The lowest BCUT2D eigenvalue weighted by molar-refractivity contribution is 0.122. The lowest BCUT2D eigenvalue weighted by atomic mass is 9.93. The summed E-state index contributed by atoms with van der Waals surface area (Å²) in [6.45, 7) is 6.67. The van der Waals surface area contributed by atoms with Gasteiger partial charge in [0.25, 0.3) is 0 Å². The molecule has 2 atom stereocenters. The predicted octanol–water partition coefficient (Wildman–Crippen LogP) is 6.88. The molecule has 4 aliphatic heterocycles. The van der Waals surface area contributed by atoms with Gasteiger partial charge in [-0.3, -0.25) is 14.8 Å². The summed E-state index contributed by atoms with van der Waals surface area (Å²) in [5.74, 6) is 0.800. The van der Waals surface area contributed by atoms with Crippen LogP contribution in [0.5, 0.6) is 5.75 Å². The summed E-state index contributed by atoms with van der Waals surface area (Å²) in [4.78, 5) is 28.5. The van der Waals surface area contributed by atoms with Gasteiger partial charge in [0.1, 0.15) is 32.4 Å². The van der Waals surface area contributed by atoms with E-state index >= 15 is 4.79 Å². The first kappa shape index (κ1) is 41.7. The van der Waals surface area contributed by atoms with Crippen molar-refractivity contribution in [3.05, 3.63) is 87.4 Å². The molecule has 0 spiro atoms. The molecule has 3 fully saturated rings. The summed E-state index contributed by atoms with van der Waals surface area (Å²) >= 11 is 12.8. The second-order valence-electron chi connectivity index (χ2n) is 15.3. The number of aliphatic imine (C=N–C) groups is 1. The Morgan fingerprint density at radius 1 is 0.772 bits per heavy atom. The van der Waals surface area contributed by atoms with Crippen LogP contribution >= 0.6 is 23.2 Å². The molecule has 0 bridgehead atoms. The number of halogens is 2. The number of carbonyl (C=O) groups excluding carboxylic acids is 1. The van der Waals surface area contributed by atoms with Gasteiger partial charge in [-0.05, 0) is 80.5 Å². The van der Waals surface area contributed by atoms with E-state index in [2.05, 4.69) is 9.80 Å². The van der Waals surface area contributed by atoms with Gasteiger partial charge in [0.15, 0.2) is 0 Å². The SMILES string of the molecule is CCOc1cc(N2CCCCC2)c(S(=O)(=O)N2CCCCC2)cc1C1=N[C@@H](c2ccc(Cl)cc2)[C@@H](c2ccc(Cl)cc2)N1C(=O)N1CCN(CCS(C)(=O)=O)CC1. The lowest BCUT2D eigenvalue weighted by Crippen LogP contribution is -2.54. The van der Waals surface area contributed by atoms with Crippen LogP contribution in [-0.4, -0.2) is 125 Å². The van der Waals surface area contributed by atoms with Crippen molar-refractivity contribution in [3.63, 3.8) is 0 Å². The Bertz CT molecular complexity index is 2150. The van der Waals surface area contributed by atoms with Crippen molar-refractivity contribution in [2.24, 2.45) is 4.99 Å². The fourth-order valence-electron chi connectivity index (χ4n) is 8.30. The van der Waals surface area contributed by atoms with Gasteiger partial charge >= 0.3 is 6.03 Å². The minimum atomic E-state index is -3.96. The number of ether oxygens (including phenoxy) is 1. The lowest BCUT2D eigenvalue weighted by Gasteiger charge is -2.39. The summed E-state index contributed by atoms with van der Waals surface area (Å²) < 4.78 is 61.4. The molecule has 7 rings (SSSR count). The molecule has 2 amide bonds. The second kappa shape index (κ2) is 17.8. The Balaban J connectivity index is 1.39. The first-order chi connectivity index (χ1) is 27.3. The number of hydrogen-bond donors (Lipinski definition) is 0. The molecule has 3 aromatic rings. The first-order valence-corrected chi connectivity index (χ1v) is 24.2. The Labute approximate surface area is 347 Å². The van der Waals surface area contributed by atoms with Crippen LogP contribution in [0.1, 0.15) is 74.2 Å². The van der Waals surface area contributed by atoms with E-state index in [1.54, 1.807) is 44.4 Å². The van der Waals surface area contributed by atoms with Crippen LogP contribution < -0.4 is 9.64 Å². The Kier molecular flexibility index (Phi) is 13.1. The van der Waals surface area contributed by atoms with E-state index in [9.17, 15) is 16.8 Å². The Hall–Kier alpha value is -3.40. The maximum absolute atomic E-state index is 15.2. The number of piperidine rings is 2. The third-order valence-electron chi connectivity index (χ3n) is 11.3. The van der Waals surface area contributed by atoms with Crippen LogP contribution in [-0.2, 0) is 19.9 Å². The highest BCUT2D eigenvalue weighted by atomic mass is 35.5. The monoisotopic (exact) mass is 858 g/mol. The number of sulfone groups is 1. The standard InChI is InChI=1S/C41H52Cl2N6O6S2/c1-3-55-36-29-35(46-18-6-4-7-19-46)37(57(53,54)48-20-8-5-9-21-48)28-34(36)40-44-38(30-10-14-32(42)15-11-30)39(31-12-16-33(43)17-13-31)49(40)41(50)47-24-22-45(23-25-47)26-27-56(2,51)52/h10-17,28-29,38-39H,3-9,18-27H2,1-2H3/t38-,39+/m0/s1. The van der Waals surface area contributed by atoms with E-state index in [4.69, 9.17) is 32.9 Å². The molecule has 16 heteroatoms. The average molecular weight is 860 g/mol. The number of urea groups is 1. The number of amidine groups is 1. The van der Waals surface area contributed by atoms with Crippen LogP contribution in [0.2, 0.25) is 10.0 Å². The van der Waals surface area contributed by atoms with Gasteiger partial charge in [0, 0.05) is 81.3 Å². The van der Waals surface area contributed by atoms with Crippen molar-refractivity contribution in [2.75, 3.05) is 82.4 Å². The number of nitrogens with zero attached hydrogens (tertiary/aromatic N) is 6. The molecule has 0 saturated carbocycles. The summed E-state index contributed by atoms with van der Waals surface area (Å²) in [7, 11) is -7.10. The second-order valence-corrected chi connectivity index (χ2v) is 20.4. The highest BCUT2D eigenvalue weighted by molar-refractivity contribution is 7.90. The van der Waals surface area contributed by atoms with Crippen LogP contribution in [0.3, 0.4) is 0 Å². The zero-order valence-corrected chi connectivity index (χ0v) is 35.8. The van der Waals surface area contributed by atoms with E-state index in [0.717, 1.165) is 62.7 Å². The number of carbonyl (C=O) groups is 1. The number of hydrogen-bond acceptors (Lipinski definition) is 9. The van der Waals surface area contributed by atoms with Crippen molar-refractivity contribution in [1.82, 2.24) is 19.0 Å². The molecule has 0 aromatic heterocycles. The van der Waals surface area contributed by atoms with E-state index in [-0.39, 0.29) is 16.7 Å². The highest BCUT2D eigenvalue weighted by Crippen LogP contribution is 2.47. The molecule has 0 radical (unpaired) electrons. The van der Waals surface area contributed by atoms with E-state index in [1.807, 2.05) is 37.3 Å². The fraction of sp³-hybridized carbons (Fsp3) is 0.512. The number of amides is 2. The summed E-state index contributed by atoms with van der Waals surface area (Å²) in [5, 5.41) is 1.11. The van der Waals surface area contributed by atoms with Crippen molar-refractivity contribution < 1.29 is 26.4 Å². The molecule has 0 unspecified atom stereocenters. The minimum Gasteiger partial charge on any atom is -0.493 e. The van der Waals surface area contributed by atoms with Gasteiger partial charge < -0.3 is 14.5 Å². The predicted molar refractivity (Wildman–Crippen MR) is 226 cm³/mol. The highest BCUT2D eigenvalue weighted by Gasteiger charge is 2.46. The molecule has 308 valence electrons. The maximum Gasteiger partial charge on any atom is 0.326 e. The van der Waals surface area contributed by atoms with Gasteiger partial charge in [0.05, 0.1) is 29.7 Å². The van der Waals surface area contributed by atoms with Crippen molar-refractivity contribution in [2.45, 2.75) is 62.4 Å². The number of rotatable bonds is 11. The molecule has 3 saturated heterocycles. The largest absolute Gasteiger partial charge is 0.493 e. The topological polar surface area (TPSA) is 123 Å². The molecule has 4 heterocycles. The molecular weight excluding hydrogens is 808 g/mol. The summed E-state index contributed by atoms with van der Waals surface area (Å²) in [5.41, 5.74) is 2.64. The smallest absolute Gasteiger partial charge is 0.326 e. The third-order valence-corrected chi connectivity index (χ3v) is 14.7. The molecule has 57 heavy (non-hydrogen) atoms. The quantitative estimate of drug-likeness (QED) is 0.205. The van der Waals surface area contributed by atoms with Gasteiger partial charge in [-0.1, -0.05) is 53.9 Å². The number of sulfonamides is 1. The number of benzene rings is 3. The third kappa shape index (κ3) is 9.42. The van der Waals surface area contributed by atoms with Gasteiger partial charge in [0.2, 0.25) is 10.0 Å². The summed E-state index contributed by atoms with van der Waals surface area (Å²) in [6, 6.07) is 16.8. The molecule has 4 aliphatic rings. The summed E-state index contributed by atoms with van der Waals surface area (Å²) in [6.07, 6.45) is 6.80. The molecular formula is C41H52Cl2N6O6S2. The number of anilines is 1. The number of piperazine rings is 1. The van der Waals surface area contributed by atoms with Crippen LogP contribution in [0.25, 0.3) is 0 Å². The van der Waals surface area contributed by atoms with Crippen LogP contribution in [0, 0.1) is 0 Å². The molecule has 3 aromatic carbocycles. The minimum absolute atomic E-state index is 0.0432. The molecule has 0 N–H and O–H groups in total. The van der Waals surface area contributed by atoms with Crippen molar-refractivity contribution in [1.29, 1.82) is 0 Å². The zero-order valence-electron chi connectivity index (χ0n) is 32.7. The molecule has 12 nitrogen and oxygen atoms in total. The van der Waals surface area contributed by atoms with Crippen LogP contribution in [0.4, 0.5) is 10.5 Å². The van der Waals surface area contributed by atoms with E-state index < -0.39 is 31.9 Å². The Morgan fingerprint density at radius 3 is 1.93 bits per heavy atom. The van der Waals surface area contributed by atoms with Crippen LogP contribution in [0.15, 0.2) is 70.6 Å². The zero-order chi connectivity index (χ0) is 40.3. The van der Waals surface area contributed by atoms with E-state index in [0.29, 0.717) is 85.3 Å². The fourth-order valence-corrected chi connectivity index (χ4v) is 10.9. The Morgan fingerprint density at radius 2 is 1.35 bits per heavy atom. The van der Waals surface area contributed by atoms with Gasteiger partial charge in [-0.2, -0.15) is 4.31 Å². The van der Waals surface area contributed by atoms with E-state index in [1.165, 1.54) is 6.26 Å². The molecule has 0 aliphatic carbocycles. The normalized spacial score (nSPS) is 21.5. The maximum atomic E-state index is 15.2. The van der Waals surface area contributed by atoms with Gasteiger partial charge in [-0.25, -0.2) is 21.6 Å². The van der Waals surface area contributed by atoms with Crippen molar-refractivity contribution in [3.8, 4) is 5.75 Å². The first-order valence-electron chi connectivity index (χ1n) is 20.0.